The van der Waals surface area contributed by atoms with Crippen molar-refractivity contribution >= 4 is 5.78 Å². The molecule has 1 aromatic carbocycles. The summed E-state index contributed by atoms with van der Waals surface area (Å²) < 4.78 is 5.39. The predicted octanol–water partition coefficient (Wildman–Crippen LogP) is 2.61. The van der Waals surface area contributed by atoms with Crippen LogP contribution in [0.25, 0.3) is 0 Å². The van der Waals surface area contributed by atoms with Gasteiger partial charge in [0.05, 0.1) is 0 Å². The van der Waals surface area contributed by atoms with Gasteiger partial charge in [-0.2, -0.15) is 0 Å². The molecule has 1 saturated heterocycles. The highest BCUT2D eigenvalue weighted by molar-refractivity contribution is 5.99. The number of carbonyl (C=O) groups is 1. The Bertz CT molecular complexity index is 351. The Hall–Kier alpha value is -1.15. The lowest BCUT2D eigenvalue weighted by atomic mass is 10.0. The predicted molar refractivity (Wildman–Crippen MR) is 59.1 cm³/mol. The fourth-order valence-electron chi connectivity index (χ4n) is 1.91. The zero-order valence-corrected chi connectivity index (χ0v) is 9.03. The van der Waals surface area contributed by atoms with Gasteiger partial charge in [0.1, 0.15) is 6.10 Å². The normalized spacial score (nSPS) is 20.5. The number of carbonyl (C=O) groups excluding carboxylic acids is 1. The maximum Gasteiger partial charge on any atom is 0.191 e. The minimum Gasteiger partial charge on any atom is -0.370 e. The largest absolute Gasteiger partial charge is 0.370 e. The number of aryl methyl sites for hydroxylation is 1. The van der Waals surface area contributed by atoms with Gasteiger partial charge >= 0.3 is 0 Å². The van der Waals surface area contributed by atoms with Crippen molar-refractivity contribution in [1.82, 2.24) is 0 Å². The van der Waals surface area contributed by atoms with Crippen molar-refractivity contribution in [1.29, 1.82) is 0 Å². The molecule has 2 rings (SSSR count). The molecule has 0 bridgehead atoms. The Labute approximate surface area is 90.3 Å². The Morgan fingerprint density at radius 1 is 1.53 bits per heavy atom. The summed E-state index contributed by atoms with van der Waals surface area (Å²) in [5, 5.41) is 0. The topological polar surface area (TPSA) is 26.3 Å². The lowest BCUT2D eigenvalue weighted by Gasteiger charge is -2.08. The van der Waals surface area contributed by atoms with Crippen LogP contribution < -0.4 is 0 Å². The van der Waals surface area contributed by atoms with Crippen molar-refractivity contribution in [3.63, 3.8) is 0 Å². The summed E-state index contributed by atoms with van der Waals surface area (Å²) >= 11 is 0. The van der Waals surface area contributed by atoms with Crippen molar-refractivity contribution < 1.29 is 9.53 Å². The summed E-state index contributed by atoms with van der Waals surface area (Å²) in [5.41, 5.74) is 2.00. The van der Waals surface area contributed by atoms with E-state index in [0.717, 1.165) is 31.4 Å². The zero-order valence-electron chi connectivity index (χ0n) is 9.03. The first kappa shape index (κ1) is 10.4. The summed E-state index contributed by atoms with van der Waals surface area (Å²) in [7, 11) is 0. The molecule has 0 N–H and O–H groups in total. The van der Waals surface area contributed by atoms with Crippen LogP contribution in [0, 0.1) is 0 Å². The lowest BCUT2D eigenvalue weighted by Crippen LogP contribution is -2.19. The molecule has 1 fully saturated rings. The number of ether oxygens (including phenoxy) is 1. The van der Waals surface area contributed by atoms with Crippen LogP contribution in [0.1, 0.15) is 35.7 Å². The molecule has 0 aromatic heterocycles. The van der Waals surface area contributed by atoms with Crippen molar-refractivity contribution in [2.75, 3.05) is 6.61 Å². The van der Waals surface area contributed by atoms with E-state index >= 15 is 0 Å². The summed E-state index contributed by atoms with van der Waals surface area (Å²) in [5.74, 6) is 0.141. The van der Waals surface area contributed by atoms with Gasteiger partial charge < -0.3 is 4.74 Å². The molecule has 80 valence electrons. The minimum absolute atomic E-state index is 0.141. The Morgan fingerprint density at radius 3 is 3.07 bits per heavy atom. The molecule has 15 heavy (non-hydrogen) atoms. The van der Waals surface area contributed by atoms with Crippen LogP contribution in [0.4, 0.5) is 0 Å². The van der Waals surface area contributed by atoms with Crippen LogP contribution in [0.3, 0.4) is 0 Å². The van der Waals surface area contributed by atoms with E-state index in [-0.39, 0.29) is 11.9 Å². The van der Waals surface area contributed by atoms with E-state index in [4.69, 9.17) is 4.74 Å². The maximum absolute atomic E-state index is 12.0. The van der Waals surface area contributed by atoms with E-state index in [1.165, 1.54) is 5.56 Å². The zero-order chi connectivity index (χ0) is 10.7. The molecule has 1 atom stereocenters. The van der Waals surface area contributed by atoms with E-state index in [1.807, 2.05) is 24.3 Å². The second kappa shape index (κ2) is 4.58. The highest BCUT2D eigenvalue weighted by atomic mass is 16.5. The van der Waals surface area contributed by atoms with Crippen LogP contribution in [0.5, 0.6) is 0 Å². The molecule has 1 aromatic rings. The van der Waals surface area contributed by atoms with Gasteiger partial charge in [-0.15, -0.1) is 0 Å². The smallest absolute Gasteiger partial charge is 0.191 e. The van der Waals surface area contributed by atoms with E-state index in [0.29, 0.717) is 0 Å². The molecule has 2 nitrogen and oxygen atoms in total. The number of benzene rings is 1. The number of ketones is 1. The van der Waals surface area contributed by atoms with Crippen LogP contribution >= 0.6 is 0 Å². The van der Waals surface area contributed by atoms with Crippen LogP contribution in [0.2, 0.25) is 0 Å². The fraction of sp³-hybridized carbons (Fsp3) is 0.462. The first-order chi connectivity index (χ1) is 7.31. The molecule has 2 heteroatoms. The summed E-state index contributed by atoms with van der Waals surface area (Å²) in [4.78, 5) is 12.0. The van der Waals surface area contributed by atoms with Gasteiger partial charge in [-0.1, -0.05) is 25.1 Å². The molecular formula is C13H16O2. The number of Topliss-reactive ketones (excluding diaryl/α,β-unsaturated/α-hetero) is 1. The Kier molecular flexibility index (Phi) is 3.17. The standard InChI is InChI=1S/C13H16O2/c1-2-10-5-3-6-11(9-10)13(14)12-7-4-8-15-12/h3,5-6,9,12H,2,4,7-8H2,1H3. The molecule has 1 heterocycles. The Balaban J connectivity index is 2.17. The van der Waals surface area contributed by atoms with E-state index in [9.17, 15) is 4.79 Å². The molecule has 0 amide bonds. The monoisotopic (exact) mass is 204 g/mol. The molecule has 0 radical (unpaired) electrons. The first-order valence-electron chi connectivity index (χ1n) is 5.56. The van der Waals surface area contributed by atoms with Gasteiger partial charge in [0, 0.05) is 12.2 Å². The van der Waals surface area contributed by atoms with Gasteiger partial charge in [-0.25, -0.2) is 0 Å². The van der Waals surface area contributed by atoms with Gasteiger partial charge in [0.15, 0.2) is 5.78 Å². The van der Waals surface area contributed by atoms with Crippen molar-refractivity contribution in [2.24, 2.45) is 0 Å². The summed E-state index contributed by atoms with van der Waals surface area (Å²) in [6.07, 6.45) is 2.64. The number of rotatable bonds is 3. The maximum atomic E-state index is 12.0. The highest BCUT2D eigenvalue weighted by Crippen LogP contribution is 2.18. The SMILES string of the molecule is CCc1cccc(C(=O)C2CCCO2)c1. The molecule has 0 aliphatic carbocycles. The van der Waals surface area contributed by atoms with Crippen LogP contribution in [-0.4, -0.2) is 18.5 Å². The average Bonchev–Trinajstić information content (AvgIpc) is 2.81. The van der Waals surface area contributed by atoms with Crippen molar-refractivity contribution in [3.8, 4) is 0 Å². The molecule has 1 aliphatic rings. The minimum atomic E-state index is -0.197. The third-order valence-corrected chi connectivity index (χ3v) is 2.84. The van der Waals surface area contributed by atoms with E-state index < -0.39 is 0 Å². The van der Waals surface area contributed by atoms with E-state index in [1.54, 1.807) is 0 Å². The van der Waals surface area contributed by atoms with Crippen LogP contribution in [-0.2, 0) is 11.2 Å². The lowest BCUT2D eigenvalue weighted by molar-refractivity contribution is 0.0643. The number of hydrogen-bond donors (Lipinski definition) is 0. The van der Waals surface area contributed by atoms with Gasteiger partial charge in [-0.3, -0.25) is 4.79 Å². The average molecular weight is 204 g/mol. The molecular weight excluding hydrogens is 188 g/mol. The third-order valence-electron chi connectivity index (χ3n) is 2.84. The molecule has 1 unspecified atom stereocenters. The quantitative estimate of drug-likeness (QED) is 0.707. The van der Waals surface area contributed by atoms with Crippen molar-refractivity contribution in [3.05, 3.63) is 35.4 Å². The van der Waals surface area contributed by atoms with Gasteiger partial charge in [0.25, 0.3) is 0 Å². The van der Waals surface area contributed by atoms with E-state index in [2.05, 4.69) is 6.92 Å². The summed E-state index contributed by atoms with van der Waals surface area (Å²) in [6.45, 7) is 2.82. The number of hydrogen-bond acceptors (Lipinski definition) is 2. The molecule has 0 spiro atoms. The van der Waals surface area contributed by atoms with Crippen LogP contribution in [0.15, 0.2) is 24.3 Å². The van der Waals surface area contributed by atoms with Gasteiger partial charge in [0.2, 0.25) is 0 Å². The Morgan fingerprint density at radius 2 is 2.40 bits per heavy atom. The third kappa shape index (κ3) is 2.26. The molecule has 1 aliphatic heterocycles. The first-order valence-corrected chi connectivity index (χ1v) is 5.56. The highest BCUT2D eigenvalue weighted by Gasteiger charge is 2.24. The fourth-order valence-corrected chi connectivity index (χ4v) is 1.91. The van der Waals surface area contributed by atoms with Gasteiger partial charge in [-0.05, 0) is 30.9 Å². The second-order valence-corrected chi connectivity index (χ2v) is 3.92. The molecule has 0 saturated carbocycles. The summed E-state index contributed by atoms with van der Waals surface area (Å²) in [6, 6.07) is 7.85. The second-order valence-electron chi connectivity index (χ2n) is 3.92. The van der Waals surface area contributed by atoms with Crippen molar-refractivity contribution in [2.45, 2.75) is 32.3 Å².